The molecule has 1 aromatic heterocycles. The predicted molar refractivity (Wildman–Crippen MR) is 20.7 cm³/mol. The number of hydrogen-bond acceptors (Lipinski definition) is 1. The van der Waals surface area contributed by atoms with Crippen molar-refractivity contribution in [2.24, 2.45) is 0 Å². The van der Waals surface area contributed by atoms with Crippen LogP contribution in [0.2, 0.25) is 0 Å². The summed E-state index contributed by atoms with van der Waals surface area (Å²) in [6.45, 7) is 0. The quantitative estimate of drug-likeness (QED) is 0.438. The molecule has 0 amide bonds. The Morgan fingerprint density at radius 1 is 1.17 bits per heavy atom. The molecule has 6 heavy (non-hydrogen) atoms. The molecule has 0 N–H and O–H groups in total. The smallest absolute Gasteiger partial charge is 0.0901 e. The van der Waals surface area contributed by atoms with Gasteiger partial charge in [-0.3, -0.25) is 0 Å². The van der Waals surface area contributed by atoms with Crippen LogP contribution < -0.4 is 0 Å². The van der Waals surface area contributed by atoms with E-state index in [0.29, 0.717) is 0 Å². The molecular formula is C5H2N. The van der Waals surface area contributed by atoms with Crippen LogP contribution in [-0.2, 0) is 0 Å². The second kappa shape index (κ2) is 1.55. The first kappa shape index (κ1) is 3.34. The molecule has 0 atom stereocenters. The molecule has 0 aromatic carbocycles. The first-order valence-corrected chi connectivity index (χ1v) is 1.60. The number of pyridine rings is 1. The van der Waals surface area contributed by atoms with E-state index in [1.165, 1.54) is 0 Å². The lowest BCUT2D eigenvalue weighted by molar-refractivity contribution is 1.29. The maximum absolute atomic E-state index is 3.50. The molecule has 3 radical (unpaired) electrons. The molecule has 1 nitrogen and oxygen atoms in total. The van der Waals surface area contributed by atoms with Gasteiger partial charge in [0.15, 0.2) is 0 Å². The molecule has 1 rings (SSSR count). The van der Waals surface area contributed by atoms with E-state index in [1.54, 1.807) is 12.1 Å². The van der Waals surface area contributed by atoms with Gasteiger partial charge >= 0.3 is 0 Å². The number of aromatic nitrogens is 1. The lowest BCUT2D eigenvalue weighted by Gasteiger charge is -1.66. The van der Waals surface area contributed by atoms with Crippen molar-refractivity contribution in [3.05, 3.63) is 30.6 Å². The predicted octanol–water partition coefficient (Wildman–Crippen LogP) is 0.482. The van der Waals surface area contributed by atoms with Gasteiger partial charge in [-0.2, -0.15) is 0 Å². The third kappa shape index (κ3) is 0.549. The fourth-order valence-corrected chi connectivity index (χ4v) is 0.218. The van der Waals surface area contributed by atoms with E-state index < -0.39 is 0 Å². The van der Waals surface area contributed by atoms with Crippen LogP contribution in [0, 0.1) is 18.5 Å². The van der Waals surface area contributed by atoms with Gasteiger partial charge in [0.2, 0.25) is 0 Å². The van der Waals surface area contributed by atoms with E-state index in [2.05, 4.69) is 23.4 Å². The monoisotopic (exact) mass is 76.0 g/mol. The zero-order valence-electron chi connectivity index (χ0n) is 3.10. The highest BCUT2D eigenvalue weighted by atomic mass is 14.6. The van der Waals surface area contributed by atoms with Crippen molar-refractivity contribution < 1.29 is 0 Å². The number of rotatable bonds is 0. The molecule has 0 aliphatic rings. The van der Waals surface area contributed by atoms with Crippen LogP contribution in [-0.4, -0.2) is 4.98 Å². The van der Waals surface area contributed by atoms with Gasteiger partial charge in [0.1, 0.15) is 0 Å². The van der Waals surface area contributed by atoms with Gasteiger partial charge in [-0.05, 0) is 18.2 Å². The van der Waals surface area contributed by atoms with E-state index in [9.17, 15) is 0 Å². The normalized spacial score (nSPS) is 8.00. The summed E-state index contributed by atoms with van der Waals surface area (Å²) in [5.41, 5.74) is 0. The Morgan fingerprint density at radius 2 is 1.83 bits per heavy atom. The van der Waals surface area contributed by atoms with E-state index in [-0.39, 0.29) is 0 Å². The Bertz CT molecular complexity index is 75.9. The largest absolute Gasteiger partial charge is 0.244 e. The van der Waals surface area contributed by atoms with Crippen molar-refractivity contribution in [3.8, 4) is 0 Å². The Hall–Kier alpha value is -0.850. The van der Waals surface area contributed by atoms with E-state index in [1.807, 2.05) is 0 Å². The molecule has 0 fully saturated rings. The Labute approximate surface area is 36.7 Å². The molecule has 0 saturated heterocycles. The summed E-state index contributed by atoms with van der Waals surface area (Å²) in [5, 5.41) is 0. The summed E-state index contributed by atoms with van der Waals surface area (Å²) >= 11 is 0. The zero-order valence-corrected chi connectivity index (χ0v) is 3.10. The Morgan fingerprint density at radius 3 is 2.00 bits per heavy atom. The van der Waals surface area contributed by atoms with Crippen LogP contribution in [0.15, 0.2) is 12.1 Å². The Kier molecular flexibility index (Phi) is 0.865. The van der Waals surface area contributed by atoms with E-state index in [0.717, 1.165) is 0 Å². The van der Waals surface area contributed by atoms with Crippen LogP contribution in [0.5, 0.6) is 0 Å². The van der Waals surface area contributed by atoms with Crippen molar-refractivity contribution in [2.45, 2.75) is 0 Å². The minimum Gasteiger partial charge on any atom is -0.244 e. The molecule has 1 heteroatoms. The lowest BCUT2D eigenvalue weighted by atomic mass is 10.5. The molecule has 1 aromatic rings. The van der Waals surface area contributed by atoms with Gasteiger partial charge in [0.25, 0.3) is 0 Å². The molecule has 0 bridgehead atoms. The summed E-state index contributed by atoms with van der Waals surface area (Å²) in [6.07, 6.45) is 5.06. The topological polar surface area (TPSA) is 12.9 Å². The second-order valence-corrected chi connectivity index (χ2v) is 0.825. The molecule has 0 aliphatic carbocycles. The van der Waals surface area contributed by atoms with Gasteiger partial charge in [-0.25, -0.2) is 4.98 Å². The molecule has 0 aliphatic heterocycles. The van der Waals surface area contributed by atoms with E-state index >= 15 is 0 Å². The third-order valence-electron chi connectivity index (χ3n) is 0.425. The molecule has 1 heterocycles. The van der Waals surface area contributed by atoms with Gasteiger partial charge in [0.05, 0.1) is 12.4 Å². The maximum Gasteiger partial charge on any atom is 0.0901 e. The summed E-state index contributed by atoms with van der Waals surface area (Å²) in [7, 11) is 0. The SMILES string of the molecule is [c]1c[c]n[c]c1. The highest BCUT2D eigenvalue weighted by Gasteiger charge is 1.62. The van der Waals surface area contributed by atoms with Crippen LogP contribution in [0.3, 0.4) is 0 Å². The minimum atomic E-state index is 1.61. The highest BCUT2D eigenvalue weighted by molar-refractivity contribution is 4.82. The van der Waals surface area contributed by atoms with Gasteiger partial charge in [-0.15, -0.1) is 0 Å². The molecule has 27 valence electrons. The molecule has 0 spiro atoms. The van der Waals surface area contributed by atoms with Gasteiger partial charge in [0, 0.05) is 0 Å². The highest BCUT2D eigenvalue weighted by Crippen LogP contribution is 1.69. The van der Waals surface area contributed by atoms with Crippen LogP contribution in [0.4, 0.5) is 0 Å². The number of hydrogen-bond donors (Lipinski definition) is 0. The summed E-state index contributed by atoms with van der Waals surface area (Å²) < 4.78 is 0. The average Bonchev–Trinajstić information content (AvgIpc) is 1.72. The van der Waals surface area contributed by atoms with Crippen LogP contribution in [0.1, 0.15) is 0 Å². The average molecular weight is 76.1 g/mol. The third-order valence-corrected chi connectivity index (χ3v) is 0.425. The van der Waals surface area contributed by atoms with E-state index in [4.69, 9.17) is 0 Å². The maximum atomic E-state index is 3.50. The van der Waals surface area contributed by atoms with Crippen molar-refractivity contribution >= 4 is 0 Å². The molecule has 0 saturated carbocycles. The number of nitrogens with zero attached hydrogens (tertiary/aromatic N) is 1. The second-order valence-electron chi connectivity index (χ2n) is 0.825. The lowest BCUT2D eigenvalue weighted by Crippen LogP contribution is -1.62. The van der Waals surface area contributed by atoms with Crippen molar-refractivity contribution in [2.75, 3.05) is 0 Å². The molecular weight excluding hydrogens is 74.1 g/mol. The van der Waals surface area contributed by atoms with Gasteiger partial charge < -0.3 is 0 Å². The summed E-state index contributed by atoms with van der Waals surface area (Å²) in [5.74, 6) is 0. The summed E-state index contributed by atoms with van der Waals surface area (Å²) in [6, 6.07) is 5.93. The summed E-state index contributed by atoms with van der Waals surface area (Å²) in [4.78, 5) is 3.50. The van der Waals surface area contributed by atoms with Crippen molar-refractivity contribution in [1.82, 2.24) is 4.98 Å². The fourth-order valence-electron chi connectivity index (χ4n) is 0.218. The van der Waals surface area contributed by atoms with Crippen molar-refractivity contribution in [1.29, 1.82) is 0 Å². The first-order valence-electron chi connectivity index (χ1n) is 1.60. The Balaban J connectivity index is 3.00. The zero-order chi connectivity index (χ0) is 4.24. The molecule has 0 unspecified atom stereocenters. The minimum absolute atomic E-state index is 1.61. The fraction of sp³-hybridized carbons (Fsp3) is 0. The standard InChI is InChI=1S/C5H2N/c1-2-4-6-5-3-1/h2-3H. The van der Waals surface area contributed by atoms with Crippen molar-refractivity contribution in [3.63, 3.8) is 0 Å². The van der Waals surface area contributed by atoms with Gasteiger partial charge in [-0.1, -0.05) is 0 Å². The van der Waals surface area contributed by atoms with Crippen LogP contribution in [0.25, 0.3) is 0 Å². The van der Waals surface area contributed by atoms with Crippen LogP contribution >= 0.6 is 0 Å². The first-order chi connectivity index (χ1) is 3.00.